The van der Waals surface area contributed by atoms with Crippen LogP contribution in [0.4, 0.5) is 0 Å². The molecule has 41 heavy (non-hydrogen) atoms. The van der Waals surface area contributed by atoms with E-state index in [0.29, 0.717) is 0 Å². The minimum Gasteiger partial charge on any atom is -0.126 e. The first-order valence-electron chi connectivity index (χ1n) is 15.2. The fraction of sp³-hybridized carbons (Fsp3) is 0.250. The quantitative estimate of drug-likeness (QED) is 0.153. The fourth-order valence-electron chi connectivity index (χ4n) is 5.53. The van der Waals surface area contributed by atoms with E-state index >= 15 is 0 Å². The normalized spacial score (nSPS) is 12.5. The number of rotatable bonds is 8. The summed E-state index contributed by atoms with van der Waals surface area (Å²) < 4.78 is 1.42. The van der Waals surface area contributed by atoms with E-state index in [0.717, 1.165) is 6.42 Å². The predicted octanol–water partition coefficient (Wildman–Crippen LogP) is 11.3. The molecular weight excluding hydrogens is 572 g/mol. The molecule has 0 atom stereocenters. The maximum atomic E-state index is 3.57. The molecule has 1 aliphatic carbocycles. The summed E-state index contributed by atoms with van der Waals surface area (Å²) in [5.74, 6) is 0. The smallest absolute Gasteiger partial charge is 0.0771 e. The summed E-state index contributed by atoms with van der Waals surface area (Å²) in [5, 5.41) is 5.39. The molecule has 6 rings (SSSR count). The molecule has 0 N–H and O–H groups in total. The van der Waals surface area contributed by atoms with E-state index in [-0.39, 0.29) is 0 Å². The van der Waals surface area contributed by atoms with Gasteiger partial charge in [-0.05, 0) is 6.42 Å². The molecule has 206 valence electrons. The van der Waals surface area contributed by atoms with E-state index in [9.17, 15) is 0 Å². The number of fused-ring (bicyclic) bond motifs is 3. The van der Waals surface area contributed by atoms with Crippen molar-refractivity contribution in [3.05, 3.63) is 149 Å². The molecule has 1 heteroatoms. The third-order valence-corrected chi connectivity index (χ3v) is 8.92. The molecule has 0 spiro atoms. The Hall–Kier alpha value is -3.02. The summed E-state index contributed by atoms with van der Waals surface area (Å²) in [5.41, 5.74) is 7.54. The third kappa shape index (κ3) is 8.50. The molecule has 0 fully saturated rings. The van der Waals surface area contributed by atoms with Gasteiger partial charge in [-0.15, -0.1) is 46.2 Å². The Morgan fingerprint density at radius 1 is 0.610 bits per heavy atom. The molecule has 0 amide bonds. The van der Waals surface area contributed by atoms with Crippen LogP contribution in [0, 0.1) is 6.08 Å². The van der Waals surface area contributed by atoms with Crippen molar-refractivity contribution in [2.24, 2.45) is 0 Å². The Labute approximate surface area is 262 Å². The SMILES string of the molecule is CCCC1=[C-]CC(CCC)=C1CCC.[Zr+2]=[C](c1ccccc1)c1ccccc1.c1ccc2c(c1)[cH-]c1ccccc12. The summed E-state index contributed by atoms with van der Waals surface area (Å²) in [4.78, 5) is 0. The molecule has 0 radical (unpaired) electrons. The zero-order valence-electron chi connectivity index (χ0n) is 24.9. The van der Waals surface area contributed by atoms with Gasteiger partial charge in [-0.25, -0.2) is 5.57 Å². The van der Waals surface area contributed by atoms with Gasteiger partial charge in [0.25, 0.3) is 0 Å². The van der Waals surface area contributed by atoms with Crippen LogP contribution in [0.1, 0.15) is 76.8 Å². The maximum absolute atomic E-state index is 3.57. The zero-order valence-corrected chi connectivity index (χ0v) is 27.4. The van der Waals surface area contributed by atoms with Gasteiger partial charge in [0, 0.05) is 0 Å². The summed E-state index contributed by atoms with van der Waals surface area (Å²) in [6.07, 6.45) is 12.3. The Morgan fingerprint density at radius 3 is 1.56 bits per heavy atom. The van der Waals surface area contributed by atoms with E-state index in [1.807, 2.05) is 0 Å². The molecule has 0 aromatic heterocycles. The van der Waals surface area contributed by atoms with Gasteiger partial charge in [-0.2, -0.15) is 11.1 Å². The summed E-state index contributed by atoms with van der Waals surface area (Å²) >= 11 is 1.46. The van der Waals surface area contributed by atoms with E-state index < -0.39 is 0 Å². The molecule has 1 aliphatic rings. The minimum absolute atomic E-state index is 1.12. The number of allylic oxidation sites excluding steroid dienone is 4. The van der Waals surface area contributed by atoms with Crippen molar-refractivity contribution < 1.29 is 24.2 Å². The van der Waals surface area contributed by atoms with Gasteiger partial charge in [0.15, 0.2) is 0 Å². The molecule has 0 saturated carbocycles. The Bertz CT molecular complexity index is 1490. The van der Waals surface area contributed by atoms with Crippen molar-refractivity contribution in [1.29, 1.82) is 0 Å². The second-order valence-corrected chi connectivity index (χ2v) is 11.8. The second kappa shape index (κ2) is 16.4. The molecule has 5 aromatic rings. The monoisotopic (exact) mass is 612 g/mol. The standard InChI is InChI=1S/C14H23.C13H9.C13H10.Zr/c1-4-7-12-10-11-13(8-5-2)14(12)9-6-3;1-3-7-12-10(5-1)9-11-6-2-4-8-13(11)12;1-3-7-12(8-4-1)11-13-9-5-2-6-10-13;/h4-10H2,1-3H3;1-9H;1-10H;/q2*-1;;+2. The fourth-order valence-corrected chi connectivity index (χ4v) is 6.35. The average molecular weight is 614 g/mol. The van der Waals surface area contributed by atoms with E-state index in [1.54, 1.807) is 11.1 Å². The first-order valence-corrected chi connectivity index (χ1v) is 16.4. The number of hydrogen-bond donors (Lipinski definition) is 0. The van der Waals surface area contributed by atoms with Crippen molar-refractivity contribution in [2.45, 2.75) is 65.7 Å². The molecule has 0 saturated heterocycles. The first kappa shape index (κ1) is 30.9. The van der Waals surface area contributed by atoms with Gasteiger partial charge in [-0.3, -0.25) is 6.08 Å². The summed E-state index contributed by atoms with van der Waals surface area (Å²) in [7, 11) is 0. The molecule has 5 aromatic carbocycles. The number of hydrogen-bond acceptors (Lipinski definition) is 0. The van der Waals surface area contributed by atoms with Crippen LogP contribution in [0.3, 0.4) is 0 Å². The maximum Gasteiger partial charge on any atom is -0.0771 e. The van der Waals surface area contributed by atoms with Crippen LogP contribution in [-0.4, -0.2) is 3.21 Å². The second-order valence-electron chi connectivity index (χ2n) is 10.6. The third-order valence-electron chi connectivity index (χ3n) is 7.51. The molecule has 0 nitrogen and oxygen atoms in total. The molecule has 0 aliphatic heterocycles. The molecule has 0 heterocycles. The Balaban J connectivity index is 0.000000142. The topological polar surface area (TPSA) is 0 Å². The van der Waals surface area contributed by atoms with E-state index in [1.165, 1.54) is 104 Å². The zero-order chi connectivity index (χ0) is 28.9. The van der Waals surface area contributed by atoms with Crippen LogP contribution in [0.2, 0.25) is 0 Å². The van der Waals surface area contributed by atoms with Gasteiger partial charge in [0.05, 0.1) is 0 Å². The molecule has 0 bridgehead atoms. The largest absolute Gasteiger partial charge is 0.126 e. The Kier molecular flexibility index (Phi) is 12.4. The van der Waals surface area contributed by atoms with Crippen molar-refractivity contribution in [2.75, 3.05) is 0 Å². The van der Waals surface area contributed by atoms with Gasteiger partial charge in [-0.1, -0.05) is 89.3 Å². The van der Waals surface area contributed by atoms with E-state index in [4.69, 9.17) is 0 Å². The van der Waals surface area contributed by atoms with Crippen molar-refractivity contribution in [1.82, 2.24) is 0 Å². The van der Waals surface area contributed by atoms with Crippen molar-refractivity contribution in [3.8, 4) is 0 Å². The summed E-state index contributed by atoms with van der Waals surface area (Å²) in [6, 6.07) is 40.4. The van der Waals surface area contributed by atoms with Crippen LogP contribution < -0.4 is 0 Å². The van der Waals surface area contributed by atoms with Gasteiger partial charge >= 0.3 is 99.2 Å². The van der Waals surface area contributed by atoms with Crippen LogP contribution in [0.15, 0.2) is 132 Å². The van der Waals surface area contributed by atoms with Crippen LogP contribution in [0.5, 0.6) is 0 Å². The van der Waals surface area contributed by atoms with Gasteiger partial charge < -0.3 is 0 Å². The molecule has 0 unspecified atom stereocenters. The van der Waals surface area contributed by atoms with Crippen LogP contribution >= 0.6 is 0 Å². The van der Waals surface area contributed by atoms with Crippen LogP contribution in [-0.2, 0) is 24.2 Å². The number of benzene rings is 4. The van der Waals surface area contributed by atoms with Crippen LogP contribution in [0.25, 0.3) is 21.5 Å². The first-order chi connectivity index (χ1) is 20.2. The minimum atomic E-state index is 1.12. The average Bonchev–Trinajstić information content (AvgIpc) is 3.60. The van der Waals surface area contributed by atoms with Gasteiger partial charge in [0.1, 0.15) is 0 Å². The predicted molar refractivity (Wildman–Crippen MR) is 176 cm³/mol. The molecular formula is C40H42Zr. The van der Waals surface area contributed by atoms with Gasteiger partial charge in [0.2, 0.25) is 0 Å². The van der Waals surface area contributed by atoms with Crippen molar-refractivity contribution >= 4 is 24.8 Å². The van der Waals surface area contributed by atoms with E-state index in [2.05, 4.69) is 142 Å². The summed E-state index contributed by atoms with van der Waals surface area (Å²) in [6.45, 7) is 6.81. The van der Waals surface area contributed by atoms with Crippen molar-refractivity contribution in [3.63, 3.8) is 0 Å². The Morgan fingerprint density at radius 2 is 1.07 bits per heavy atom.